The van der Waals surface area contributed by atoms with Crippen LogP contribution in [0.25, 0.3) is 28.3 Å². The topological polar surface area (TPSA) is 81.1 Å². The van der Waals surface area contributed by atoms with Crippen molar-refractivity contribution in [3.8, 4) is 22.5 Å². The van der Waals surface area contributed by atoms with Crippen molar-refractivity contribution in [2.24, 2.45) is 0 Å². The highest BCUT2D eigenvalue weighted by molar-refractivity contribution is 5.65. The predicted octanol–water partition coefficient (Wildman–Crippen LogP) is 4.68. The lowest BCUT2D eigenvalue weighted by molar-refractivity contribution is 0.480. The Bertz CT molecular complexity index is 1320. The van der Waals surface area contributed by atoms with E-state index in [9.17, 15) is 0 Å². The number of oxazole rings is 1. The highest BCUT2D eigenvalue weighted by Crippen LogP contribution is 2.23. The molecule has 0 aliphatic heterocycles. The van der Waals surface area contributed by atoms with E-state index in [0.717, 1.165) is 33.8 Å². The summed E-state index contributed by atoms with van der Waals surface area (Å²) in [7, 11) is 0. The fourth-order valence-electron chi connectivity index (χ4n) is 3.37. The van der Waals surface area contributed by atoms with E-state index in [-0.39, 0.29) is 0 Å². The molecule has 0 bridgehead atoms. The number of fused-ring (bicyclic) bond motifs is 1. The number of aryl methyl sites for hydroxylation is 2. The van der Waals surface area contributed by atoms with Crippen molar-refractivity contribution < 1.29 is 4.42 Å². The van der Waals surface area contributed by atoms with Gasteiger partial charge in [-0.15, -0.1) is 5.10 Å². The lowest BCUT2D eigenvalue weighted by atomic mass is 10.1. The molecule has 0 spiro atoms. The average molecular weight is 396 g/mol. The molecular weight excluding hydrogens is 376 g/mol. The van der Waals surface area contributed by atoms with Crippen LogP contribution in [0.2, 0.25) is 0 Å². The van der Waals surface area contributed by atoms with E-state index >= 15 is 0 Å². The summed E-state index contributed by atoms with van der Waals surface area (Å²) < 4.78 is 7.35. The van der Waals surface area contributed by atoms with E-state index in [4.69, 9.17) is 4.42 Å². The van der Waals surface area contributed by atoms with Crippen LogP contribution in [0.1, 0.15) is 17.3 Å². The average Bonchev–Trinajstić information content (AvgIpc) is 3.34. The number of benzene rings is 2. The van der Waals surface area contributed by atoms with Gasteiger partial charge in [-0.05, 0) is 24.6 Å². The van der Waals surface area contributed by atoms with Gasteiger partial charge in [-0.2, -0.15) is 4.98 Å². The minimum Gasteiger partial charge on any atom is -0.444 e. The Kier molecular flexibility index (Phi) is 4.48. The fourth-order valence-corrected chi connectivity index (χ4v) is 3.37. The zero-order chi connectivity index (χ0) is 20.5. The summed E-state index contributed by atoms with van der Waals surface area (Å²) >= 11 is 0. The van der Waals surface area contributed by atoms with Crippen LogP contribution >= 0.6 is 0 Å². The monoisotopic (exact) mass is 396 g/mol. The Morgan fingerprint density at radius 1 is 0.933 bits per heavy atom. The molecule has 0 atom stereocenters. The Hall–Kier alpha value is -4.00. The number of anilines is 1. The van der Waals surface area contributed by atoms with Crippen molar-refractivity contribution >= 4 is 11.5 Å². The lowest BCUT2D eigenvalue weighted by Gasteiger charge is -2.06. The second kappa shape index (κ2) is 7.44. The minimum absolute atomic E-state index is 0.566. The summed E-state index contributed by atoms with van der Waals surface area (Å²) in [6.07, 6.45) is 3.77. The van der Waals surface area contributed by atoms with E-state index in [1.165, 1.54) is 0 Å². The quantitative estimate of drug-likeness (QED) is 0.465. The second-order valence-electron chi connectivity index (χ2n) is 7.06. The van der Waals surface area contributed by atoms with Crippen LogP contribution in [0.3, 0.4) is 0 Å². The molecule has 1 N–H and O–H groups in total. The van der Waals surface area contributed by atoms with Gasteiger partial charge in [0, 0.05) is 36.1 Å². The maximum atomic E-state index is 5.63. The van der Waals surface area contributed by atoms with Crippen LogP contribution in [0.4, 0.5) is 5.69 Å². The molecule has 0 fully saturated rings. The maximum Gasteiger partial charge on any atom is 0.252 e. The van der Waals surface area contributed by atoms with Crippen molar-refractivity contribution in [1.29, 1.82) is 0 Å². The molecule has 148 valence electrons. The van der Waals surface area contributed by atoms with Gasteiger partial charge < -0.3 is 9.73 Å². The normalized spacial score (nSPS) is 11.1. The first-order valence-electron chi connectivity index (χ1n) is 9.71. The van der Waals surface area contributed by atoms with Crippen molar-refractivity contribution in [2.45, 2.75) is 20.4 Å². The van der Waals surface area contributed by atoms with Gasteiger partial charge in [0.15, 0.2) is 11.7 Å². The summed E-state index contributed by atoms with van der Waals surface area (Å²) in [6, 6.07) is 18.1. The Morgan fingerprint density at radius 2 is 1.77 bits per heavy atom. The standard InChI is InChI=1S/C23H20N6O/c1-15-21(30-16(2)26-15)13-24-20-10-6-9-18(11-20)22-27-23-25-12-19(14-29(23)28-22)17-7-4-3-5-8-17/h3-12,14,24H,13H2,1-2H3. The number of nitrogens with zero attached hydrogens (tertiary/aromatic N) is 5. The number of aromatic nitrogens is 5. The molecule has 7 heteroatoms. The van der Waals surface area contributed by atoms with Crippen LogP contribution in [0.15, 0.2) is 71.4 Å². The van der Waals surface area contributed by atoms with Gasteiger partial charge in [0.25, 0.3) is 5.78 Å². The molecule has 30 heavy (non-hydrogen) atoms. The zero-order valence-corrected chi connectivity index (χ0v) is 16.7. The number of rotatable bonds is 5. The molecule has 5 aromatic rings. The van der Waals surface area contributed by atoms with E-state index in [0.29, 0.717) is 24.0 Å². The Balaban J connectivity index is 1.41. The summed E-state index contributed by atoms with van der Waals surface area (Å²) in [5.74, 6) is 2.70. The predicted molar refractivity (Wildman–Crippen MR) is 115 cm³/mol. The smallest absolute Gasteiger partial charge is 0.252 e. The van der Waals surface area contributed by atoms with Crippen LogP contribution < -0.4 is 5.32 Å². The zero-order valence-electron chi connectivity index (χ0n) is 16.7. The van der Waals surface area contributed by atoms with E-state index < -0.39 is 0 Å². The number of hydrogen-bond acceptors (Lipinski definition) is 6. The minimum atomic E-state index is 0.566. The molecule has 7 nitrogen and oxygen atoms in total. The van der Waals surface area contributed by atoms with Crippen LogP contribution in [0.5, 0.6) is 0 Å². The summed E-state index contributed by atoms with van der Waals surface area (Å²) in [5.41, 5.74) is 4.86. The first kappa shape index (κ1) is 18.1. The molecule has 5 rings (SSSR count). The Morgan fingerprint density at radius 3 is 2.57 bits per heavy atom. The van der Waals surface area contributed by atoms with E-state index in [1.54, 1.807) is 4.52 Å². The van der Waals surface area contributed by atoms with Crippen molar-refractivity contribution in [3.63, 3.8) is 0 Å². The Labute approximate surface area is 173 Å². The molecule has 3 heterocycles. The summed E-state index contributed by atoms with van der Waals surface area (Å²) in [4.78, 5) is 13.4. The van der Waals surface area contributed by atoms with Crippen molar-refractivity contribution in [2.75, 3.05) is 5.32 Å². The number of hydrogen-bond donors (Lipinski definition) is 1. The first-order valence-corrected chi connectivity index (χ1v) is 9.71. The molecule has 3 aromatic heterocycles. The third kappa shape index (κ3) is 3.53. The van der Waals surface area contributed by atoms with Crippen molar-refractivity contribution in [1.82, 2.24) is 24.6 Å². The van der Waals surface area contributed by atoms with Gasteiger partial charge in [-0.25, -0.2) is 14.5 Å². The summed E-state index contributed by atoms with van der Waals surface area (Å²) in [6.45, 7) is 4.36. The van der Waals surface area contributed by atoms with Gasteiger partial charge in [-0.3, -0.25) is 0 Å². The van der Waals surface area contributed by atoms with Gasteiger partial charge >= 0.3 is 0 Å². The van der Waals surface area contributed by atoms with E-state index in [2.05, 4.69) is 25.4 Å². The molecule has 0 amide bonds. The molecule has 0 saturated carbocycles. The second-order valence-corrected chi connectivity index (χ2v) is 7.06. The van der Waals surface area contributed by atoms with Gasteiger partial charge in [-0.1, -0.05) is 42.5 Å². The number of nitrogens with one attached hydrogen (secondary N) is 1. The lowest BCUT2D eigenvalue weighted by Crippen LogP contribution is -2.00. The molecule has 0 saturated heterocycles. The molecule has 0 radical (unpaired) electrons. The summed E-state index contributed by atoms with van der Waals surface area (Å²) in [5, 5.41) is 8.01. The van der Waals surface area contributed by atoms with Crippen LogP contribution in [0, 0.1) is 13.8 Å². The van der Waals surface area contributed by atoms with Gasteiger partial charge in [0.2, 0.25) is 0 Å². The highest BCUT2D eigenvalue weighted by atomic mass is 16.4. The molecule has 2 aromatic carbocycles. The fraction of sp³-hybridized carbons (Fsp3) is 0.130. The van der Waals surface area contributed by atoms with Gasteiger partial charge in [0.1, 0.15) is 5.76 Å². The molecule has 0 aliphatic carbocycles. The molecular formula is C23H20N6O. The molecule has 0 aliphatic rings. The largest absolute Gasteiger partial charge is 0.444 e. The first-order chi connectivity index (χ1) is 14.7. The van der Waals surface area contributed by atoms with Crippen LogP contribution in [-0.2, 0) is 6.54 Å². The van der Waals surface area contributed by atoms with Crippen LogP contribution in [-0.4, -0.2) is 24.6 Å². The maximum absolute atomic E-state index is 5.63. The van der Waals surface area contributed by atoms with E-state index in [1.807, 2.05) is 80.8 Å². The van der Waals surface area contributed by atoms with Gasteiger partial charge in [0.05, 0.1) is 12.2 Å². The highest BCUT2D eigenvalue weighted by Gasteiger charge is 2.10. The third-order valence-electron chi connectivity index (χ3n) is 4.87. The van der Waals surface area contributed by atoms with Crippen molar-refractivity contribution in [3.05, 3.63) is 84.3 Å². The third-order valence-corrected chi connectivity index (χ3v) is 4.87. The SMILES string of the molecule is Cc1nc(C)c(CNc2cccc(-c3nc4ncc(-c5ccccc5)cn4n3)c2)o1. The molecule has 0 unspecified atom stereocenters.